The lowest BCUT2D eigenvalue weighted by Crippen LogP contribution is -2.32. The second-order valence-corrected chi connectivity index (χ2v) is 11.3. The van der Waals surface area contributed by atoms with Crippen molar-refractivity contribution in [2.45, 2.75) is 102 Å². The smallest absolute Gasteiger partial charge is 0.302 e. The highest BCUT2D eigenvalue weighted by atomic mass is 16.7. The van der Waals surface area contributed by atoms with Crippen LogP contribution in [-0.4, -0.2) is 68.4 Å². The Labute approximate surface area is 250 Å². The van der Waals surface area contributed by atoms with Crippen LogP contribution in [0, 0.1) is 11.8 Å². The highest BCUT2D eigenvalue weighted by Crippen LogP contribution is 2.41. The molecule has 8 heteroatoms. The first-order chi connectivity index (χ1) is 20.6. The second kappa shape index (κ2) is 18.3. The number of hydrogen-bond acceptors (Lipinski definition) is 8. The first-order valence-electron chi connectivity index (χ1n) is 15.7. The first kappa shape index (κ1) is 32.5. The van der Waals surface area contributed by atoms with Gasteiger partial charge in [-0.2, -0.15) is 0 Å². The van der Waals surface area contributed by atoms with E-state index in [4.69, 9.17) is 33.5 Å². The lowest BCUT2D eigenvalue weighted by Gasteiger charge is -2.29. The molecule has 0 spiro atoms. The Morgan fingerprint density at radius 3 is 2.50 bits per heavy atom. The summed E-state index contributed by atoms with van der Waals surface area (Å²) in [4.78, 5) is 12.1. The maximum atomic E-state index is 12.1. The topological polar surface area (TPSA) is 92.7 Å². The summed E-state index contributed by atoms with van der Waals surface area (Å²) < 4.78 is 36.7. The minimum atomic E-state index is -0.331. The maximum absolute atomic E-state index is 12.1. The predicted molar refractivity (Wildman–Crippen MR) is 159 cm³/mol. The number of esters is 1. The zero-order valence-electron chi connectivity index (χ0n) is 24.9. The molecule has 0 bridgehead atoms. The van der Waals surface area contributed by atoms with Gasteiger partial charge < -0.3 is 33.5 Å². The standard InChI is InChI=1S/C34H48O8/c1-26(36)40-31-24-32(42-34-18-10-13-23-38-34)30(29(31)16-8-3-2-4-11-21-35)20-19-28(41-33-17-9-12-22-37-33)25-39-27-14-6-5-7-15-27/h2,5-8,14-15,19-20,28-35H,4,9-13,16-18,21-25H2,1H3/b20-19+/t3?,28-,29-,30-,31+,32-,33?,34?/m1/s1. The molecule has 0 radical (unpaired) electrons. The minimum absolute atomic E-state index is 0.000829. The Hall–Kier alpha value is -2.45. The molecular formula is C34H48O8. The van der Waals surface area contributed by atoms with E-state index in [1.807, 2.05) is 42.5 Å². The van der Waals surface area contributed by atoms with E-state index in [0.29, 0.717) is 39.1 Å². The van der Waals surface area contributed by atoms with E-state index < -0.39 is 0 Å². The van der Waals surface area contributed by atoms with Gasteiger partial charge in [0.15, 0.2) is 12.6 Å². The van der Waals surface area contributed by atoms with Crippen molar-refractivity contribution in [2.24, 2.45) is 11.8 Å². The average Bonchev–Trinajstić information content (AvgIpc) is 3.32. The van der Waals surface area contributed by atoms with Gasteiger partial charge >= 0.3 is 5.97 Å². The van der Waals surface area contributed by atoms with E-state index in [9.17, 15) is 4.79 Å². The highest BCUT2D eigenvalue weighted by Gasteiger charge is 2.45. The fourth-order valence-electron chi connectivity index (χ4n) is 5.83. The van der Waals surface area contributed by atoms with Gasteiger partial charge in [0.2, 0.25) is 0 Å². The number of hydrogen-bond donors (Lipinski definition) is 1. The molecule has 2 aliphatic heterocycles. The Morgan fingerprint density at radius 1 is 1.05 bits per heavy atom. The highest BCUT2D eigenvalue weighted by molar-refractivity contribution is 5.66. The molecule has 8 nitrogen and oxygen atoms in total. The largest absolute Gasteiger partial charge is 0.491 e. The number of aliphatic hydroxyl groups is 1. The Balaban J connectivity index is 1.54. The number of unbranched alkanes of at least 4 members (excludes halogenated alkanes) is 1. The van der Waals surface area contributed by atoms with Gasteiger partial charge in [-0.1, -0.05) is 30.4 Å². The van der Waals surface area contributed by atoms with Gasteiger partial charge in [-0.25, -0.2) is 0 Å². The van der Waals surface area contributed by atoms with Crippen LogP contribution in [0.2, 0.25) is 0 Å². The van der Waals surface area contributed by atoms with Crippen LogP contribution in [0.15, 0.2) is 60.4 Å². The summed E-state index contributed by atoms with van der Waals surface area (Å²) in [5.74, 6) is 0.452. The molecule has 1 aliphatic carbocycles. The zero-order valence-corrected chi connectivity index (χ0v) is 24.9. The molecule has 1 saturated carbocycles. The van der Waals surface area contributed by atoms with Gasteiger partial charge in [-0.3, -0.25) is 4.79 Å². The van der Waals surface area contributed by atoms with Crippen LogP contribution in [0.25, 0.3) is 0 Å². The van der Waals surface area contributed by atoms with Crippen molar-refractivity contribution < 1.29 is 38.3 Å². The SMILES string of the molecule is CC(=O)O[C@H]1C[C@@H](OC2CCCCO2)[C@H](/C=C/[C@H](COc2ccccc2)OC2CCCCO2)[C@H]1CC=C=CCCCO. The van der Waals surface area contributed by atoms with Crippen LogP contribution in [-0.2, 0) is 28.5 Å². The third kappa shape index (κ3) is 11.0. The van der Waals surface area contributed by atoms with Crippen LogP contribution in [0.4, 0.5) is 0 Å². The van der Waals surface area contributed by atoms with Crippen molar-refractivity contribution in [3.63, 3.8) is 0 Å². The van der Waals surface area contributed by atoms with Gasteiger partial charge in [0.05, 0.1) is 6.10 Å². The fourth-order valence-corrected chi connectivity index (χ4v) is 5.83. The lowest BCUT2D eigenvalue weighted by molar-refractivity contribution is -0.193. The quantitative estimate of drug-likeness (QED) is 0.118. The van der Waals surface area contributed by atoms with Crippen molar-refractivity contribution in [3.05, 3.63) is 60.4 Å². The van der Waals surface area contributed by atoms with E-state index in [1.165, 1.54) is 6.92 Å². The van der Waals surface area contributed by atoms with Crippen molar-refractivity contribution in [3.8, 4) is 5.75 Å². The molecule has 1 aromatic carbocycles. The average molecular weight is 585 g/mol. The van der Waals surface area contributed by atoms with Crippen LogP contribution >= 0.6 is 0 Å². The van der Waals surface area contributed by atoms with Crippen molar-refractivity contribution in [1.29, 1.82) is 0 Å². The van der Waals surface area contributed by atoms with Crippen LogP contribution in [0.1, 0.15) is 71.1 Å². The molecule has 7 atom stereocenters. The molecule has 1 N–H and O–H groups in total. The normalized spacial score (nSPS) is 28.6. The lowest BCUT2D eigenvalue weighted by atomic mass is 9.89. The second-order valence-electron chi connectivity index (χ2n) is 11.3. The number of rotatable bonds is 15. The predicted octanol–water partition coefficient (Wildman–Crippen LogP) is 5.89. The molecule has 2 unspecified atom stereocenters. The zero-order chi connectivity index (χ0) is 29.4. The van der Waals surface area contributed by atoms with E-state index in [-0.39, 0.29) is 55.3 Å². The van der Waals surface area contributed by atoms with Crippen LogP contribution in [0.5, 0.6) is 5.75 Å². The summed E-state index contributed by atoms with van der Waals surface area (Å²) in [5, 5.41) is 9.06. The molecule has 1 aromatic rings. The molecule has 0 aromatic heterocycles. The number of benzene rings is 1. The molecule has 3 aliphatic rings. The molecule has 232 valence electrons. The molecule has 42 heavy (non-hydrogen) atoms. The number of para-hydroxylation sites is 1. The molecule has 4 rings (SSSR count). The Bertz CT molecular complexity index is 992. The summed E-state index contributed by atoms with van der Waals surface area (Å²) in [7, 11) is 0. The van der Waals surface area contributed by atoms with Crippen LogP contribution < -0.4 is 4.74 Å². The minimum Gasteiger partial charge on any atom is -0.491 e. The summed E-state index contributed by atoms with van der Waals surface area (Å²) >= 11 is 0. The summed E-state index contributed by atoms with van der Waals surface area (Å²) in [6.07, 6.45) is 15.5. The van der Waals surface area contributed by atoms with E-state index in [0.717, 1.165) is 50.7 Å². The Morgan fingerprint density at radius 2 is 1.81 bits per heavy atom. The van der Waals surface area contributed by atoms with E-state index in [1.54, 1.807) is 0 Å². The first-order valence-corrected chi connectivity index (χ1v) is 15.7. The van der Waals surface area contributed by atoms with Crippen molar-refractivity contribution in [1.82, 2.24) is 0 Å². The number of aliphatic hydroxyl groups excluding tert-OH is 1. The summed E-state index contributed by atoms with van der Waals surface area (Å²) in [6.45, 7) is 3.36. The molecular weight excluding hydrogens is 536 g/mol. The molecule has 3 fully saturated rings. The Kier molecular flexibility index (Phi) is 14.1. The third-order valence-electron chi connectivity index (χ3n) is 7.95. The van der Waals surface area contributed by atoms with Crippen molar-refractivity contribution >= 4 is 5.97 Å². The number of carbonyl (C=O) groups excluding carboxylic acids is 1. The fraction of sp³-hybridized carbons (Fsp3) is 0.647. The van der Waals surface area contributed by atoms with E-state index in [2.05, 4.69) is 17.9 Å². The van der Waals surface area contributed by atoms with Gasteiger partial charge in [0.25, 0.3) is 0 Å². The number of carbonyl (C=O) groups is 1. The molecule has 2 saturated heterocycles. The summed E-state index contributed by atoms with van der Waals surface area (Å²) in [6, 6.07) is 9.73. The third-order valence-corrected chi connectivity index (χ3v) is 7.95. The maximum Gasteiger partial charge on any atom is 0.302 e. The number of ether oxygens (including phenoxy) is 6. The number of allylic oxidation sites excluding steroid dienone is 1. The monoisotopic (exact) mass is 584 g/mol. The van der Waals surface area contributed by atoms with Gasteiger partial charge in [-0.15, -0.1) is 5.73 Å². The molecule has 2 heterocycles. The van der Waals surface area contributed by atoms with Crippen molar-refractivity contribution in [2.75, 3.05) is 26.4 Å². The van der Waals surface area contributed by atoms with Gasteiger partial charge in [-0.05, 0) is 82.1 Å². The van der Waals surface area contributed by atoms with Crippen LogP contribution in [0.3, 0.4) is 0 Å². The summed E-state index contributed by atoms with van der Waals surface area (Å²) in [5.41, 5.74) is 3.24. The van der Waals surface area contributed by atoms with E-state index >= 15 is 0 Å². The van der Waals surface area contributed by atoms with Gasteiger partial charge in [0, 0.05) is 45.0 Å². The molecule has 0 amide bonds. The van der Waals surface area contributed by atoms with Gasteiger partial charge in [0.1, 0.15) is 24.6 Å².